The molecule has 0 aromatic rings. The number of carbonyl (C=O) groups is 2. The highest BCUT2D eigenvalue weighted by atomic mass is 16.2. The predicted molar refractivity (Wildman–Crippen MR) is 43.1 cm³/mol. The zero-order valence-corrected chi connectivity index (χ0v) is 6.69. The van der Waals surface area contributed by atoms with E-state index in [1.54, 1.807) is 9.80 Å². The van der Waals surface area contributed by atoms with Crippen LogP contribution >= 0.6 is 0 Å². The summed E-state index contributed by atoms with van der Waals surface area (Å²) in [6, 6.07) is 0. The molecule has 1 rings (SSSR count). The standard InChI is InChI=1S/C8H10N2O2/c1-2-8(12)10-5-3-9(7-11)4-6-10/h1,7H,3-6H2. The third-order valence-corrected chi connectivity index (χ3v) is 1.87. The normalized spacial score (nSPS) is 16.9. The zero-order valence-electron chi connectivity index (χ0n) is 6.69. The molecule has 1 heterocycles. The monoisotopic (exact) mass is 166 g/mol. The lowest BCUT2D eigenvalue weighted by molar-refractivity contribution is -0.130. The number of rotatable bonds is 1. The smallest absolute Gasteiger partial charge is 0.298 e. The fourth-order valence-corrected chi connectivity index (χ4v) is 1.12. The second-order valence-electron chi connectivity index (χ2n) is 2.58. The van der Waals surface area contributed by atoms with Crippen molar-refractivity contribution in [3.63, 3.8) is 0 Å². The molecule has 0 radical (unpaired) electrons. The molecule has 64 valence electrons. The molecule has 1 aliphatic rings. The summed E-state index contributed by atoms with van der Waals surface area (Å²) in [5.41, 5.74) is 0. The van der Waals surface area contributed by atoms with Crippen LogP contribution in [0.4, 0.5) is 0 Å². The van der Waals surface area contributed by atoms with Crippen LogP contribution in [0.1, 0.15) is 0 Å². The van der Waals surface area contributed by atoms with Gasteiger partial charge in [0.15, 0.2) is 0 Å². The van der Waals surface area contributed by atoms with E-state index < -0.39 is 0 Å². The van der Waals surface area contributed by atoms with Crippen LogP contribution in [0.2, 0.25) is 0 Å². The van der Waals surface area contributed by atoms with Gasteiger partial charge in [0.25, 0.3) is 5.91 Å². The van der Waals surface area contributed by atoms with E-state index in [1.165, 1.54) is 0 Å². The second kappa shape index (κ2) is 3.77. The van der Waals surface area contributed by atoms with Gasteiger partial charge in [-0.3, -0.25) is 9.59 Å². The van der Waals surface area contributed by atoms with E-state index in [0.717, 1.165) is 6.41 Å². The number of hydrogen-bond donors (Lipinski definition) is 0. The summed E-state index contributed by atoms with van der Waals surface area (Å²) in [5, 5.41) is 0. The Kier molecular flexibility index (Phi) is 2.70. The summed E-state index contributed by atoms with van der Waals surface area (Å²) in [5.74, 6) is 1.76. The van der Waals surface area contributed by atoms with Gasteiger partial charge >= 0.3 is 0 Å². The average Bonchev–Trinajstić information content (AvgIpc) is 2.17. The Morgan fingerprint density at radius 1 is 1.33 bits per heavy atom. The largest absolute Gasteiger partial charge is 0.342 e. The number of hydrogen-bond acceptors (Lipinski definition) is 2. The van der Waals surface area contributed by atoms with Gasteiger partial charge in [-0.05, 0) is 5.92 Å². The van der Waals surface area contributed by atoms with Crippen molar-refractivity contribution in [3.8, 4) is 12.3 Å². The molecule has 12 heavy (non-hydrogen) atoms. The van der Waals surface area contributed by atoms with Gasteiger partial charge in [-0.15, -0.1) is 6.42 Å². The van der Waals surface area contributed by atoms with Crippen molar-refractivity contribution in [3.05, 3.63) is 0 Å². The second-order valence-corrected chi connectivity index (χ2v) is 2.58. The fraction of sp³-hybridized carbons (Fsp3) is 0.500. The van der Waals surface area contributed by atoms with Crippen LogP contribution in [0, 0.1) is 12.3 Å². The van der Waals surface area contributed by atoms with Gasteiger partial charge in [0.1, 0.15) is 0 Å². The van der Waals surface area contributed by atoms with Gasteiger partial charge < -0.3 is 9.80 Å². The molecule has 0 spiro atoms. The first-order chi connectivity index (χ1) is 5.77. The molecule has 0 aliphatic carbocycles. The highest BCUT2D eigenvalue weighted by Gasteiger charge is 2.17. The van der Waals surface area contributed by atoms with Crippen molar-refractivity contribution in [1.29, 1.82) is 0 Å². The lowest BCUT2D eigenvalue weighted by Crippen LogP contribution is -2.47. The quantitative estimate of drug-likeness (QED) is 0.367. The van der Waals surface area contributed by atoms with Gasteiger partial charge in [0.2, 0.25) is 6.41 Å². The van der Waals surface area contributed by atoms with Crippen LogP contribution in [-0.4, -0.2) is 48.3 Å². The maximum absolute atomic E-state index is 10.9. The molecule has 4 nitrogen and oxygen atoms in total. The number of carbonyl (C=O) groups excluding carboxylic acids is 2. The van der Waals surface area contributed by atoms with Crippen LogP contribution in [-0.2, 0) is 9.59 Å². The molecule has 0 unspecified atom stereocenters. The third-order valence-electron chi connectivity index (χ3n) is 1.87. The summed E-state index contributed by atoms with van der Waals surface area (Å²) in [6.07, 6.45) is 5.74. The molecular weight excluding hydrogens is 156 g/mol. The van der Waals surface area contributed by atoms with Gasteiger partial charge in [-0.25, -0.2) is 0 Å². The summed E-state index contributed by atoms with van der Waals surface area (Å²) >= 11 is 0. The summed E-state index contributed by atoms with van der Waals surface area (Å²) in [6.45, 7) is 2.25. The Morgan fingerprint density at radius 3 is 2.33 bits per heavy atom. The maximum atomic E-state index is 10.9. The van der Waals surface area contributed by atoms with Gasteiger partial charge in [0, 0.05) is 26.2 Å². The first-order valence-corrected chi connectivity index (χ1v) is 3.73. The Hall–Kier alpha value is -1.50. The van der Waals surface area contributed by atoms with E-state index in [1.807, 2.05) is 5.92 Å². The molecule has 0 N–H and O–H groups in total. The van der Waals surface area contributed by atoms with E-state index in [2.05, 4.69) is 0 Å². The molecule has 0 aromatic heterocycles. The maximum Gasteiger partial charge on any atom is 0.298 e. The molecule has 1 aliphatic heterocycles. The molecule has 2 amide bonds. The number of piperazine rings is 1. The average molecular weight is 166 g/mol. The van der Waals surface area contributed by atoms with Crippen molar-refractivity contribution in [2.45, 2.75) is 0 Å². The van der Waals surface area contributed by atoms with Crippen molar-refractivity contribution in [2.75, 3.05) is 26.2 Å². The Labute approximate surface area is 71.1 Å². The van der Waals surface area contributed by atoms with Gasteiger partial charge in [0.05, 0.1) is 0 Å². The third kappa shape index (κ3) is 1.76. The van der Waals surface area contributed by atoms with Crippen LogP contribution < -0.4 is 0 Å². The molecule has 1 fully saturated rings. The molecule has 0 atom stereocenters. The number of amides is 2. The van der Waals surface area contributed by atoms with Crippen LogP contribution in [0.5, 0.6) is 0 Å². The van der Waals surface area contributed by atoms with E-state index in [-0.39, 0.29) is 5.91 Å². The molecule has 0 aromatic carbocycles. The number of nitrogens with zero attached hydrogens (tertiary/aromatic N) is 2. The minimum Gasteiger partial charge on any atom is -0.342 e. The van der Waals surface area contributed by atoms with Gasteiger partial charge in [-0.2, -0.15) is 0 Å². The first-order valence-electron chi connectivity index (χ1n) is 3.73. The van der Waals surface area contributed by atoms with Crippen molar-refractivity contribution in [1.82, 2.24) is 9.80 Å². The van der Waals surface area contributed by atoms with Crippen molar-refractivity contribution >= 4 is 12.3 Å². The van der Waals surface area contributed by atoms with Crippen LogP contribution in [0.3, 0.4) is 0 Å². The SMILES string of the molecule is C#CC(=O)N1CCN(C=O)CC1. The topological polar surface area (TPSA) is 40.6 Å². The minimum atomic E-state index is -0.291. The Bertz CT molecular complexity index is 224. The van der Waals surface area contributed by atoms with Crippen molar-refractivity contribution in [2.24, 2.45) is 0 Å². The van der Waals surface area contributed by atoms with E-state index in [0.29, 0.717) is 26.2 Å². The molecule has 1 saturated heterocycles. The fourth-order valence-electron chi connectivity index (χ4n) is 1.12. The summed E-state index contributed by atoms with van der Waals surface area (Å²) in [4.78, 5) is 24.4. The lowest BCUT2D eigenvalue weighted by Gasteiger charge is -2.31. The van der Waals surface area contributed by atoms with Crippen molar-refractivity contribution < 1.29 is 9.59 Å². The van der Waals surface area contributed by atoms with E-state index in [4.69, 9.17) is 6.42 Å². The Morgan fingerprint density at radius 2 is 1.92 bits per heavy atom. The van der Waals surface area contributed by atoms with Crippen LogP contribution in [0.15, 0.2) is 0 Å². The molecule has 0 bridgehead atoms. The van der Waals surface area contributed by atoms with Crippen LogP contribution in [0.25, 0.3) is 0 Å². The Balaban J connectivity index is 2.41. The lowest BCUT2D eigenvalue weighted by atomic mass is 10.3. The molecule has 0 saturated carbocycles. The molecular formula is C8H10N2O2. The van der Waals surface area contributed by atoms with E-state index in [9.17, 15) is 9.59 Å². The minimum absolute atomic E-state index is 0.291. The summed E-state index contributed by atoms with van der Waals surface area (Å²) < 4.78 is 0. The van der Waals surface area contributed by atoms with Gasteiger partial charge in [-0.1, -0.05) is 0 Å². The highest BCUT2D eigenvalue weighted by Crippen LogP contribution is 1.98. The first kappa shape index (κ1) is 8.60. The zero-order chi connectivity index (χ0) is 8.97. The van der Waals surface area contributed by atoms with E-state index >= 15 is 0 Å². The summed E-state index contributed by atoms with van der Waals surface area (Å²) in [7, 11) is 0. The highest BCUT2D eigenvalue weighted by molar-refractivity contribution is 5.93. The number of terminal acetylenes is 1. The molecule has 4 heteroatoms. The predicted octanol–water partition coefficient (Wildman–Crippen LogP) is -1.08.